The first-order valence-electron chi connectivity index (χ1n) is 13.9. The van der Waals surface area contributed by atoms with Gasteiger partial charge in [0.15, 0.2) is 5.82 Å². The second-order valence-corrected chi connectivity index (χ2v) is 9.84. The smallest absolute Gasteiger partial charge is 0.224 e. The van der Waals surface area contributed by atoms with Crippen molar-refractivity contribution < 1.29 is 4.79 Å². The van der Waals surface area contributed by atoms with Gasteiger partial charge in [-0.05, 0) is 45.7 Å². The van der Waals surface area contributed by atoms with E-state index in [9.17, 15) is 4.79 Å². The Morgan fingerprint density at radius 2 is 1.44 bits per heavy atom. The number of aromatic nitrogens is 2. The number of thiol groups is 1. The van der Waals surface area contributed by atoms with E-state index in [1.807, 2.05) is 6.92 Å². The molecule has 0 saturated heterocycles. The van der Waals surface area contributed by atoms with E-state index < -0.39 is 0 Å². The Bertz CT molecular complexity index is 889. The number of amides is 1. The van der Waals surface area contributed by atoms with E-state index in [-0.39, 0.29) is 5.91 Å². The molecule has 0 aliphatic heterocycles. The Labute approximate surface area is 224 Å². The van der Waals surface area contributed by atoms with E-state index in [0.717, 1.165) is 38.4 Å². The van der Waals surface area contributed by atoms with E-state index in [2.05, 4.69) is 88.8 Å². The first kappa shape index (κ1) is 29.9. The monoisotopic (exact) mass is 513 g/mol. The van der Waals surface area contributed by atoms with Crippen LogP contribution < -0.4 is 15.1 Å². The van der Waals surface area contributed by atoms with Crippen molar-refractivity contribution in [2.24, 2.45) is 0 Å². The highest BCUT2D eigenvalue weighted by atomic mass is 32.1. The average molecular weight is 514 g/mol. The molecule has 1 heterocycles. The molecular formula is C29H47N5OS. The van der Waals surface area contributed by atoms with Crippen LogP contribution in [0.3, 0.4) is 0 Å². The average Bonchev–Trinajstić information content (AvgIpc) is 2.87. The van der Waals surface area contributed by atoms with Crippen LogP contribution in [0.2, 0.25) is 0 Å². The van der Waals surface area contributed by atoms with Crippen LogP contribution in [0.25, 0.3) is 0 Å². The molecule has 36 heavy (non-hydrogen) atoms. The molecule has 0 aliphatic carbocycles. The van der Waals surface area contributed by atoms with Crippen LogP contribution in [0.4, 0.5) is 17.2 Å². The maximum Gasteiger partial charge on any atom is 0.224 e. The first-order chi connectivity index (χ1) is 17.5. The summed E-state index contributed by atoms with van der Waals surface area (Å²) in [6.45, 7) is 11.8. The molecule has 1 amide bonds. The Balaban J connectivity index is 1.89. The van der Waals surface area contributed by atoms with Crippen molar-refractivity contribution in [2.45, 2.75) is 96.9 Å². The van der Waals surface area contributed by atoms with Gasteiger partial charge in [-0.25, -0.2) is 9.97 Å². The maximum atomic E-state index is 12.9. The molecular weight excluding hydrogens is 466 g/mol. The van der Waals surface area contributed by atoms with Crippen molar-refractivity contribution in [3.63, 3.8) is 0 Å². The topological polar surface area (TPSA) is 61.4 Å². The van der Waals surface area contributed by atoms with Crippen molar-refractivity contribution in [1.82, 2.24) is 9.97 Å². The maximum absolute atomic E-state index is 12.9. The fourth-order valence-electron chi connectivity index (χ4n) is 4.48. The third kappa shape index (κ3) is 10.4. The van der Waals surface area contributed by atoms with Gasteiger partial charge in [0.25, 0.3) is 0 Å². The van der Waals surface area contributed by atoms with Crippen LogP contribution in [0.15, 0.2) is 35.4 Å². The van der Waals surface area contributed by atoms with E-state index in [1.165, 1.54) is 57.1 Å². The Kier molecular flexibility index (Phi) is 14.3. The van der Waals surface area contributed by atoms with Gasteiger partial charge in [-0.1, -0.05) is 70.1 Å². The largest absolute Gasteiger partial charge is 0.372 e. The van der Waals surface area contributed by atoms with E-state index in [0.29, 0.717) is 23.0 Å². The predicted octanol–water partition coefficient (Wildman–Crippen LogP) is 7.29. The molecule has 0 fully saturated rings. The van der Waals surface area contributed by atoms with Crippen molar-refractivity contribution >= 4 is 35.7 Å². The molecule has 6 nitrogen and oxygen atoms in total. The third-order valence-electron chi connectivity index (χ3n) is 6.54. The van der Waals surface area contributed by atoms with Crippen LogP contribution in [0.5, 0.6) is 0 Å². The summed E-state index contributed by atoms with van der Waals surface area (Å²) in [5, 5.41) is 3.56. The van der Waals surface area contributed by atoms with Gasteiger partial charge in [-0.15, -0.1) is 12.6 Å². The number of rotatable bonds is 18. The number of hydrogen-bond donors (Lipinski definition) is 2. The zero-order valence-corrected chi connectivity index (χ0v) is 23.8. The number of para-hydroxylation sites is 1. The Morgan fingerprint density at radius 3 is 2.08 bits per heavy atom. The normalized spacial score (nSPS) is 10.9. The third-order valence-corrected chi connectivity index (χ3v) is 6.87. The van der Waals surface area contributed by atoms with Gasteiger partial charge < -0.3 is 15.1 Å². The molecule has 1 N–H and O–H groups in total. The lowest BCUT2D eigenvalue weighted by molar-refractivity contribution is -0.116. The number of hydrogen-bond acceptors (Lipinski definition) is 6. The highest BCUT2D eigenvalue weighted by molar-refractivity contribution is 7.80. The van der Waals surface area contributed by atoms with Crippen LogP contribution >= 0.6 is 12.6 Å². The SMILES string of the molecule is CCCCCCCCCCN(CCCC(=O)Nc1c(S)nc(C)nc1N(CC)CC)c1ccccc1. The Hall–Kier alpha value is -2.28. The fourth-order valence-corrected chi connectivity index (χ4v) is 4.79. The lowest BCUT2D eigenvalue weighted by atomic mass is 10.1. The summed E-state index contributed by atoms with van der Waals surface area (Å²) in [4.78, 5) is 26.4. The quantitative estimate of drug-likeness (QED) is 0.125. The summed E-state index contributed by atoms with van der Waals surface area (Å²) in [7, 11) is 0. The van der Waals surface area contributed by atoms with Crippen LogP contribution in [-0.4, -0.2) is 42.1 Å². The Morgan fingerprint density at radius 1 is 0.833 bits per heavy atom. The summed E-state index contributed by atoms with van der Waals surface area (Å²) in [5.41, 5.74) is 1.84. The summed E-state index contributed by atoms with van der Waals surface area (Å²) in [6.07, 6.45) is 11.7. The first-order valence-corrected chi connectivity index (χ1v) is 14.4. The minimum absolute atomic E-state index is 0.0220. The lowest BCUT2D eigenvalue weighted by Crippen LogP contribution is -2.28. The molecule has 2 aromatic rings. The van der Waals surface area contributed by atoms with Crippen LogP contribution in [-0.2, 0) is 4.79 Å². The van der Waals surface area contributed by atoms with Gasteiger partial charge in [-0.3, -0.25) is 4.79 Å². The molecule has 0 spiro atoms. The number of aryl methyl sites for hydroxylation is 1. The second-order valence-electron chi connectivity index (χ2n) is 9.41. The van der Waals surface area contributed by atoms with E-state index in [4.69, 9.17) is 0 Å². The molecule has 2 rings (SSSR count). The van der Waals surface area contributed by atoms with Gasteiger partial charge in [-0.2, -0.15) is 0 Å². The molecule has 0 radical (unpaired) electrons. The standard InChI is InChI=1S/C29H47N5OS/c1-5-8-9-10-11-12-13-17-22-34(25-19-15-14-16-20-25)23-18-21-26(35)32-27-28(33(6-2)7-3)30-24(4)31-29(27)36/h14-16,19-20H,5-13,17-18,21-23H2,1-4H3,(H,32,35)(H,30,31,36). The molecule has 0 atom stereocenters. The fraction of sp³-hybridized carbons (Fsp3) is 0.621. The van der Waals surface area contributed by atoms with E-state index in [1.54, 1.807) is 0 Å². The van der Waals surface area contributed by atoms with Gasteiger partial charge in [0.1, 0.15) is 16.5 Å². The highest BCUT2D eigenvalue weighted by Crippen LogP contribution is 2.29. The van der Waals surface area contributed by atoms with Crippen molar-refractivity contribution in [1.29, 1.82) is 0 Å². The lowest BCUT2D eigenvalue weighted by Gasteiger charge is -2.25. The second kappa shape index (κ2) is 17.2. The molecule has 200 valence electrons. The predicted molar refractivity (Wildman–Crippen MR) is 157 cm³/mol. The number of nitrogens with zero attached hydrogens (tertiary/aromatic N) is 4. The van der Waals surface area contributed by atoms with Gasteiger partial charge in [0, 0.05) is 38.3 Å². The summed E-state index contributed by atoms with van der Waals surface area (Å²) in [5.74, 6) is 1.37. The number of anilines is 3. The van der Waals surface area contributed by atoms with Crippen LogP contribution in [0, 0.1) is 6.92 Å². The number of nitrogens with one attached hydrogen (secondary N) is 1. The molecule has 7 heteroatoms. The summed E-state index contributed by atoms with van der Waals surface area (Å²) >= 11 is 4.53. The number of benzene rings is 1. The zero-order chi connectivity index (χ0) is 26.2. The van der Waals surface area contributed by atoms with Crippen molar-refractivity contribution in [2.75, 3.05) is 41.3 Å². The molecule has 0 bridgehead atoms. The van der Waals surface area contributed by atoms with Crippen molar-refractivity contribution in [3.05, 3.63) is 36.2 Å². The molecule has 0 aliphatic rings. The van der Waals surface area contributed by atoms with Crippen LogP contribution in [0.1, 0.15) is 90.8 Å². The van der Waals surface area contributed by atoms with Gasteiger partial charge in [0.2, 0.25) is 5.91 Å². The minimum Gasteiger partial charge on any atom is -0.372 e. The zero-order valence-electron chi connectivity index (χ0n) is 22.9. The molecule has 0 saturated carbocycles. The minimum atomic E-state index is -0.0220. The van der Waals surface area contributed by atoms with Gasteiger partial charge >= 0.3 is 0 Å². The van der Waals surface area contributed by atoms with Crippen molar-refractivity contribution in [3.8, 4) is 0 Å². The summed E-state index contributed by atoms with van der Waals surface area (Å²) < 4.78 is 0. The summed E-state index contributed by atoms with van der Waals surface area (Å²) in [6, 6.07) is 10.6. The number of carbonyl (C=O) groups excluding carboxylic acids is 1. The number of unbranched alkanes of at least 4 members (excludes halogenated alkanes) is 7. The van der Waals surface area contributed by atoms with E-state index >= 15 is 0 Å². The molecule has 1 aromatic carbocycles. The van der Waals surface area contributed by atoms with Gasteiger partial charge in [0.05, 0.1) is 0 Å². The molecule has 1 aromatic heterocycles. The highest BCUT2D eigenvalue weighted by Gasteiger charge is 2.18. The molecule has 0 unspecified atom stereocenters. The number of carbonyl (C=O) groups is 1.